The van der Waals surface area contributed by atoms with Crippen LogP contribution in [0.15, 0.2) is 29.8 Å². The Hall–Kier alpha value is -2.47. The van der Waals surface area contributed by atoms with Crippen molar-refractivity contribution in [2.75, 3.05) is 0 Å². The van der Waals surface area contributed by atoms with Gasteiger partial charge in [-0.05, 0) is 23.1 Å². The SMILES string of the molecule is CCc1cc(CN)ccc1COC(=O)CC1=CC(=O)NC1=O. The van der Waals surface area contributed by atoms with E-state index in [2.05, 4.69) is 5.32 Å². The highest BCUT2D eigenvalue weighted by atomic mass is 16.5. The van der Waals surface area contributed by atoms with E-state index in [1.54, 1.807) is 0 Å². The van der Waals surface area contributed by atoms with Gasteiger partial charge in [0.15, 0.2) is 0 Å². The summed E-state index contributed by atoms with van der Waals surface area (Å²) in [6.45, 7) is 2.61. The third-order valence-corrected chi connectivity index (χ3v) is 3.44. The molecule has 0 atom stereocenters. The Bertz CT molecular complexity index is 650. The number of amides is 2. The summed E-state index contributed by atoms with van der Waals surface area (Å²) in [5, 5.41) is 2.09. The zero-order valence-electron chi connectivity index (χ0n) is 12.3. The van der Waals surface area contributed by atoms with E-state index in [1.165, 1.54) is 0 Å². The van der Waals surface area contributed by atoms with Crippen molar-refractivity contribution in [3.8, 4) is 0 Å². The molecule has 1 aromatic carbocycles. The normalized spacial score (nSPS) is 13.8. The highest BCUT2D eigenvalue weighted by Gasteiger charge is 2.23. The Kier molecular flexibility index (Phi) is 5.06. The van der Waals surface area contributed by atoms with Crippen LogP contribution in [0.5, 0.6) is 0 Å². The smallest absolute Gasteiger partial charge is 0.310 e. The van der Waals surface area contributed by atoms with E-state index >= 15 is 0 Å². The van der Waals surface area contributed by atoms with Gasteiger partial charge < -0.3 is 10.5 Å². The van der Waals surface area contributed by atoms with Crippen LogP contribution >= 0.6 is 0 Å². The Morgan fingerprint density at radius 2 is 2.05 bits per heavy atom. The minimum absolute atomic E-state index is 0.129. The summed E-state index contributed by atoms with van der Waals surface area (Å²) in [6.07, 6.45) is 1.72. The van der Waals surface area contributed by atoms with Gasteiger partial charge in [-0.1, -0.05) is 25.1 Å². The van der Waals surface area contributed by atoms with Gasteiger partial charge in [-0.3, -0.25) is 19.7 Å². The number of aryl methyl sites for hydroxylation is 1. The highest BCUT2D eigenvalue weighted by Crippen LogP contribution is 2.15. The van der Waals surface area contributed by atoms with Crippen molar-refractivity contribution in [2.45, 2.75) is 32.9 Å². The van der Waals surface area contributed by atoms with Crippen molar-refractivity contribution in [3.63, 3.8) is 0 Å². The molecule has 0 fully saturated rings. The summed E-state index contributed by atoms with van der Waals surface area (Å²) in [7, 11) is 0. The van der Waals surface area contributed by atoms with E-state index in [-0.39, 0.29) is 18.6 Å². The molecule has 0 unspecified atom stereocenters. The van der Waals surface area contributed by atoms with Gasteiger partial charge in [0, 0.05) is 18.2 Å². The number of esters is 1. The zero-order chi connectivity index (χ0) is 16.1. The lowest BCUT2D eigenvalue weighted by atomic mass is 10.0. The summed E-state index contributed by atoms with van der Waals surface area (Å²) >= 11 is 0. The highest BCUT2D eigenvalue weighted by molar-refractivity contribution is 6.17. The van der Waals surface area contributed by atoms with E-state index in [0.717, 1.165) is 29.2 Å². The molecule has 116 valence electrons. The first-order valence-electron chi connectivity index (χ1n) is 7.05. The average molecular weight is 302 g/mol. The number of nitrogens with two attached hydrogens (primary N) is 1. The largest absolute Gasteiger partial charge is 0.461 e. The standard InChI is InChI=1S/C16H18N2O4/c1-2-11-5-10(8-17)3-4-12(11)9-22-15(20)7-13-6-14(19)18-16(13)21/h3-6H,2,7-9,17H2,1H3,(H,18,19,21). The monoisotopic (exact) mass is 302 g/mol. The van der Waals surface area contributed by atoms with Crippen molar-refractivity contribution in [1.29, 1.82) is 0 Å². The van der Waals surface area contributed by atoms with Crippen molar-refractivity contribution < 1.29 is 19.1 Å². The molecular formula is C16H18N2O4. The van der Waals surface area contributed by atoms with Gasteiger partial charge in [0.2, 0.25) is 0 Å². The lowest BCUT2D eigenvalue weighted by Gasteiger charge is -2.10. The van der Waals surface area contributed by atoms with Crippen LogP contribution in [0.2, 0.25) is 0 Å². The molecule has 22 heavy (non-hydrogen) atoms. The van der Waals surface area contributed by atoms with Crippen LogP contribution in [0.1, 0.15) is 30.0 Å². The van der Waals surface area contributed by atoms with Crippen LogP contribution in [0, 0.1) is 0 Å². The molecule has 1 aliphatic heterocycles. The first kappa shape index (κ1) is 15.9. The number of imide groups is 1. The van der Waals surface area contributed by atoms with E-state index in [1.807, 2.05) is 25.1 Å². The maximum Gasteiger partial charge on any atom is 0.310 e. The van der Waals surface area contributed by atoms with Crippen molar-refractivity contribution >= 4 is 17.8 Å². The van der Waals surface area contributed by atoms with E-state index in [4.69, 9.17) is 10.5 Å². The first-order valence-corrected chi connectivity index (χ1v) is 7.05. The van der Waals surface area contributed by atoms with Crippen LogP contribution in [-0.4, -0.2) is 17.8 Å². The Balaban J connectivity index is 1.95. The molecule has 1 heterocycles. The van der Waals surface area contributed by atoms with Crippen LogP contribution in [0.4, 0.5) is 0 Å². The van der Waals surface area contributed by atoms with E-state index in [9.17, 15) is 14.4 Å². The minimum Gasteiger partial charge on any atom is -0.461 e. The Morgan fingerprint density at radius 1 is 1.27 bits per heavy atom. The summed E-state index contributed by atoms with van der Waals surface area (Å²) in [4.78, 5) is 34.1. The summed E-state index contributed by atoms with van der Waals surface area (Å²) in [6, 6.07) is 5.78. The third-order valence-electron chi connectivity index (χ3n) is 3.44. The molecule has 6 heteroatoms. The minimum atomic E-state index is -0.541. The summed E-state index contributed by atoms with van der Waals surface area (Å²) in [5.41, 5.74) is 8.74. The first-order chi connectivity index (χ1) is 10.5. The van der Waals surface area contributed by atoms with Gasteiger partial charge >= 0.3 is 5.97 Å². The molecule has 0 aromatic heterocycles. The Labute approximate surface area is 128 Å². The molecule has 0 saturated heterocycles. The number of hydrogen-bond donors (Lipinski definition) is 2. The third kappa shape index (κ3) is 3.79. The fourth-order valence-electron chi connectivity index (χ4n) is 2.22. The van der Waals surface area contributed by atoms with Crippen molar-refractivity contribution in [3.05, 3.63) is 46.5 Å². The molecule has 2 rings (SSSR count). The molecule has 0 radical (unpaired) electrons. The number of hydrogen-bond acceptors (Lipinski definition) is 5. The Morgan fingerprint density at radius 3 is 2.64 bits per heavy atom. The molecule has 0 saturated carbocycles. The van der Waals surface area contributed by atoms with Gasteiger partial charge in [0.05, 0.1) is 6.42 Å². The average Bonchev–Trinajstić information content (AvgIpc) is 2.82. The van der Waals surface area contributed by atoms with Crippen LogP contribution in [-0.2, 0) is 38.7 Å². The van der Waals surface area contributed by atoms with E-state index < -0.39 is 17.8 Å². The second-order valence-electron chi connectivity index (χ2n) is 4.99. The second-order valence-corrected chi connectivity index (χ2v) is 4.99. The van der Waals surface area contributed by atoms with Gasteiger partial charge in [0.1, 0.15) is 6.61 Å². The molecule has 0 bridgehead atoms. The molecule has 2 amide bonds. The molecule has 0 spiro atoms. The quantitative estimate of drug-likeness (QED) is 0.596. The van der Waals surface area contributed by atoms with Gasteiger partial charge in [0.25, 0.3) is 11.8 Å². The molecule has 1 aliphatic rings. The number of carbonyl (C=O) groups excluding carboxylic acids is 3. The lowest BCUT2D eigenvalue weighted by molar-refractivity contribution is -0.144. The van der Waals surface area contributed by atoms with Crippen molar-refractivity contribution in [2.24, 2.45) is 5.73 Å². The number of benzene rings is 1. The maximum atomic E-state index is 11.8. The molecule has 1 aromatic rings. The molecule has 6 nitrogen and oxygen atoms in total. The van der Waals surface area contributed by atoms with Crippen LogP contribution in [0.3, 0.4) is 0 Å². The number of nitrogens with one attached hydrogen (secondary N) is 1. The van der Waals surface area contributed by atoms with E-state index in [0.29, 0.717) is 6.54 Å². The number of rotatable bonds is 6. The van der Waals surface area contributed by atoms with Gasteiger partial charge in [-0.15, -0.1) is 0 Å². The van der Waals surface area contributed by atoms with Crippen LogP contribution < -0.4 is 11.1 Å². The summed E-state index contributed by atoms with van der Waals surface area (Å²) < 4.78 is 5.19. The predicted molar refractivity (Wildman–Crippen MR) is 79.4 cm³/mol. The molecule has 3 N–H and O–H groups in total. The maximum absolute atomic E-state index is 11.8. The van der Waals surface area contributed by atoms with Crippen molar-refractivity contribution in [1.82, 2.24) is 5.32 Å². The second kappa shape index (κ2) is 7.00. The fraction of sp³-hybridized carbons (Fsp3) is 0.312. The predicted octanol–water partition coefficient (Wildman–Crippen LogP) is 0.724. The summed E-state index contributed by atoms with van der Waals surface area (Å²) in [5.74, 6) is -1.58. The van der Waals surface area contributed by atoms with Gasteiger partial charge in [-0.25, -0.2) is 0 Å². The molecular weight excluding hydrogens is 284 g/mol. The van der Waals surface area contributed by atoms with Gasteiger partial charge in [-0.2, -0.15) is 0 Å². The fourth-order valence-corrected chi connectivity index (χ4v) is 2.22. The topological polar surface area (TPSA) is 98.5 Å². The zero-order valence-corrected chi connectivity index (χ0v) is 12.3. The lowest BCUT2D eigenvalue weighted by Crippen LogP contribution is -2.23. The number of carbonyl (C=O) groups is 3. The molecule has 0 aliphatic carbocycles. The van der Waals surface area contributed by atoms with Crippen LogP contribution in [0.25, 0.3) is 0 Å². The number of ether oxygens (including phenoxy) is 1.